The molecule has 0 unspecified atom stereocenters. The van der Waals surface area contributed by atoms with Crippen molar-refractivity contribution in [1.82, 2.24) is 15.0 Å². The Hall–Kier alpha value is -1.55. The van der Waals surface area contributed by atoms with Crippen LogP contribution in [0.1, 0.15) is 37.9 Å². The lowest BCUT2D eigenvalue weighted by molar-refractivity contribution is 0.368. The standard InChI is InChI=1S/C19H27ClN6O.HI/c1-14(2)18-23-17(27-24-18)4-3-9-22-19(21)26-12-10-25(11-13-26)16-7-5-15(20)6-8-16;/h5-8,14H,3-4,9-13H2,1-2H3,(H2,21,22);1H. The summed E-state index contributed by atoms with van der Waals surface area (Å²) in [5.74, 6) is 2.32. The van der Waals surface area contributed by atoms with E-state index >= 15 is 0 Å². The number of nitrogens with zero attached hydrogens (tertiary/aromatic N) is 5. The zero-order valence-corrected chi connectivity index (χ0v) is 19.4. The molecule has 2 N–H and O–H groups in total. The molecule has 3 rings (SSSR count). The summed E-state index contributed by atoms with van der Waals surface area (Å²) >= 11 is 5.96. The van der Waals surface area contributed by atoms with Crippen molar-refractivity contribution in [2.75, 3.05) is 37.6 Å². The minimum absolute atomic E-state index is 0. The van der Waals surface area contributed by atoms with E-state index < -0.39 is 0 Å². The number of benzene rings is 1. The van der Waals surface area contributed by atoms with Gasteiger partial charge < -0.3 is 20.1 Å². The van der Waals surface area contributed by atoms with Crippen LogP contribution in [0.3, 0.4) is 0 Å². The third kappa shape index (κ3) is 6.23. The fourth-order valence-corrected chi connectivity index (χ4v) is 3.10. The molecule has 0 aliphatic carbocycles. The van der Waals surface area contributed by atoms with Gasteiger partial charge in [-0.25, -0.2) is 0 Å². The van der Waals surface area contributed by atoms with Crippen molar-refractivity contribution in [2.45, 2.75) is 32.6 Å². The first-order chi connectivity index (χ1) is 13.0. The van der Waals surface area contributed by atoms with Crippen molar-refractivity contribution in [3.05, 3.63) is 41.0 Å². The predicted octanol–water partition coefficient (Wildman–Crippen LogP) is 3.53. The molecule has 1 saturated heterocycles. The van der Waals surface area contributed by atoms with Gasteiger partial charge in [-0.1, -0.05) is 30.6 Å². The predicted molar refractivity (Wildman–Crippen MR) is 124 cm³/mol. The van der Waals surface area contributed by atoms with E-state index in [0.717, 1.165) is 49.9 Å². The monoisotopic (exact) mass is 518 g/mol. The van der Waals surface area contributed by atoms with Gasteiger partial charge in [-0.2, -0.15) is 4.98 Å². The van der Waals surface area contributed by atoms with Crippen LogP contribution in [-0.2, 0) is 6.42 Å². The number of nitrogens with two attached hydrogens (primary N) is 1. The lowest BCUT2D eigenvalue weighted by atomic mass is 10.2. The van der Waals surface area contributed by atoms with Crippen LogP contribution in [0.25, 0.3) is 0 Å². The molecule has 0 saturated carbocycles. The van der Waals surface area contributed by atoms with Gasteiger partial charge >= 0.3 is 0 Å². The molecule has 1 aliphatic rings. The Morgan fingerprint density at radius 1 is 1.21 bits per heavy atom. The fraction of sp³-hybridized carbons (Fsp3) is 0.526. The lowest BCUT2D eigenvalue weighted by Gasteiger charge is -2.36. The largest absolute Gasteiger partial charge is 0.370 e. The van der Waals surface area contributed by atoms with E-state index in [0.29, 0.717) is 18.4 Å². The highest BCUT2D eigenvalue weighted by Crippen LogP contribution is 2.19. The van der Waals surface area contributed by atoms with E-state index in [-0.39, 0.29) is 29.9 Å². The molecule has 0 amide bonds. The molecule has 9 heteroatoms. The molecule has 0 radical (unpaired) electrons. The highest BCUT2D eigenvalue weighted by molar-refractivity contribution is 14.0. The summed E-state index contributed by atoms with van der Waals surface area (Å²) in [5.41, 5.74) is 7.35. The number of guanidine groups is 1. The number of hydrogen-bond acceptors (Lipinski definition) is 5. The molecule has 0 bridgehead atoms. The average molecular weight is 519 g/mol. The van der Waals surface area contributed by atoms with Gasteiger partial charge in [0.05, 0.1) is 0 Å². The van der Waals surface area contributed by atoms with E-state index in [1.165, 1.54) is 5.69 Å². The molecule has 2 aromatic rings. The normalized spacial score (nSPS) is 15.1. The molecule has 2 heterocycles. The highest BCUT2D eigenvalue weighted by Gasteiger charge is 2.18. The van der Waals surface area contributed by atoms with Crippen LogP contribution in [0.5, 0.6) is 0 Å². The second kappa shape index (κ2) is 10.8. The highest BCUT2D eigenvalue weighted by atomic mass is 127. The maximum absolute atomic E-state index is 6.16. The number of aromatic nitrogens is 2. The van der Waals surface area contributed by atoms with E-state index in [4.69, 9.17) is 21.9 Å². The van der Waals surface area contributed by atoms with Crippen LogP contribution in [0.15, 0.2) is 33.8 Å². The summed E-state index contributed by atoms with van der Waals surface area (Å²) in [7, 11) is 0. The van der Waals surface area contributed by atoms with E-state index in [1.54, 1.807) is 0 Å². The van der Waals surface area contributed by atoms with Crippen LogP contribution in [0, 0.1) is 0 Å². The number of aliphatic imine (C=N–C) groups is 1. The van der Waals surface area contributed by atoms with Gasteiger partial charge in [-0.05, 0) is 30.7 Å². The molecule has 7 nitrogen and oxygen atoms in total. The molecule has 0 atom stereocenters. The van der Waals surface area contributed by atoms with Crippen LogP contribution in [0.2, 0.25) is 5.02 Å². The van der Waals surface area contributed by atoms with Crippen molar-refractivity contribution in [3.63, 3.8) is 0 Å². The van der Waals surface area contributed by atoms with Gasteiger partial charge in [-0.15, -0.1) is 24.0 Å². The first-order valence-electron chi connectivity index (χ1n) is 9.41. The molecular formula is C19H28ClIN6O. The fourth-order valence-electron chi connectivity index (χ4n) is 2.97. The number of aryl methyl sites for hydroxylation is 1. The number of rotatable bonds is 6. The molecule has 1 aromatic heterocycles. The van der Waals surface area contributed by atoms with Crippen molar-refractivity contribution in [2.24, 2.45) is 10.7 Å². The summed E-state index contributed by atoms with van der Waals surface area (Å²) in [5, 5.41) is 4.73. The zero-order valence-electron chi connectivity index (χ0n) is 16.3. The maximum Gasteiger partial charge on any atom is 0.226 e. The summed E-state index contributed by atoms with van der Waals surface area (Å²) in [6.07, 6.45) is 1.56. The molecule has 154 valence electrons. The smallest absolute Gasteiger partial charge is 0.226 e. The first kappa shape index (κ1) is 22.7. The maximum atomic E-state index is 6.16. The van der Waals surface area contributed by atoms with Gasteiger partial charge in [0.1, 0.15) is 0 Å². The number of hydrogen-bond donors (Lipinski definition) is 1. The van der Waals surface area contributed by atoms with E-state index in [9.17, 15) is 0 Å². The van der Waals surface area contributed by atoms with Crippen molar-refractivity contribution < 1.29 is 4.52 Å². The minimum Gasteiger partial charge on any atom is -0.370 e. The third-order valence-corrected chi connectivity index (χ3v) is 4.87. The van der Waals surface area contributed by atoms with Crippen LogP contribution in [0.4, 0.5) is 5.69 Å². The van der Waals surface area contributed by atoms with Crippen molar-refractivity contribution in [1.29, 1.82) is 0 Å². The molecule has 28 heavy (non-hydrogen) atoms. The minimum atomic E-state index is 0. The molecule has 1 aliphatic heterocycles. The molecular weight excluding hydrogens is 491 g/mol. The number of anilines is 1. The zero-order chi connectivity index (χ0) is 19.2. The number of halogens is 2. The SMILES string of the molecule is CC(C)c1noc(CCCN=C(N)N2CCN(c3ccc(Cl)cc3)CC2)n1.I. The van der Waals surface area contributed by atoms with Gasteiger partial charge in [0.2, 0.25) is 5.89 Å². The Morgan fingerprint density at radius 3 is 2.50 bits per heavy atom. The average Bonchev–Trinajstić information content (AvgIpc) is 3.15. The van der Waals surface area contributed by atoms with Crippen molar-refractivity contribution in [3.8, 4) is 0 Å². The molecule has 1 fully saturated rings. The summed E-state index contributed by atoms with van der Waals surface area (Å²) < 4.78 is 5.25. The van der Waals surface area contributed by atoms with Crippen LogP contribution >= 0.6 is 35.6 Å². The Balaban J connectivity index is 0.00000280. The summed E-state index contributed by atoms with van der Waals surface area (Å²) in [4.78, 5) is 13.4. The Labute approximate surface area is 188 Å². The lowest BCUT2D eigenvalue weighted by Crippen LogP contribution is -2.51. The van der Waals surface area contributed by atoms with Crippen LogP contribution < -0.4 is 10.6 Å². The molecule has 0 spiro atoms. The first-order valence-corrected chi connectivity index (χ1v) is 9.78. The number of piperazine rings is 1. The Morgan fingerprint density at radius 2 is 1.89 bits per heavy atom. The second-order valence-corrected chi connectivity index (χ2v) is 7.43. The second-order valence-electron chi connectivity index (χ2n) is 7.00. The van der Waals surface area contributed by atoms with Gasteiger partial charge in [-0.3, -0.25) is 4.99 Å². The van der Waals surface area contributed by atoms with Gasteiger partial charge in [0.25, 0.3) is 0 Å². The quantitative estimate of drug-likeness (QED) is 0.273. The third-order valence-electron chi connectivity index (χ3n) is 4.62. The van der Waals surface area contributed by atoms with Crippen molar-refractivity contribution >= 4 is 47.2 Å². The summed E-state index contributed by atoms with van der Waals surface area (Å²) in [6.45, 7) is 8.30. The van der Waals surface area contributed by atoms with Gasteiger partial charge in [0.15, 0.2) is 11.8 Å². The van der Waals surface area contributed by atoms with Crippen LogP contribution in [-0.4, -0.2) is 53.7 Å². The van der Waals surface area contributed by atoms with E-state index in [1.807, 2.05) is 26.0 Å². The Kier molecular flexibility index (Phi) is 8.81. The topological polar surface area (TPSA) is 83.8 Å². The Bertz CT molecular complexity index is 756. The summed E-state index contributed by atoms with van der Waals surface area (Å²) in [6, 6.07) is 7.95. The molecule has 1 aromatic carbocycles. The van der Waals surface area contributed by atoms with Gasteiger partial charge in [0, 0.05) is 55.8 Å². The van der Waals surface area contributed by atoms with E-state index in [2.05, 4.69) is 37.1 Å².